The van der Waals surface area contributed by atoms with Crippen LogP contribution in [0, 0.1) is 12.7 Å². The standard InChI is InChI=1S/C25H25FN2O3S/c1-16-4-11-23(12-5-16)32(30,31)28-17(2)14-21-15-20(8-13-24(21)28)25(29)27-18(3)19-6-9-22(26)10-7-19/h4-13,15,17-18H,14H2,1-3H3,(H,27,29). The normalized spacial score (nSPS) is 16.5. The number of rotatable bonds is 5. The van der Waals surface area contributed by atoms with E-state index in [0.29, 0.717) is 17.7 Å². The third-order valence-electron chi connectivity index (χ3n) is 5.79. The molecule has 1 amide bonds. The van der Waals surface area contributed by atoms with Crippen molar-refractivity contribution in [2.24, 2.45) is 0 Å². The molecule has 4 rings (SSSR count). The maximum absolute atomic E-state index is 13.3. The van der Waals surface area contributed by atoms with E-state index < -0.39 is 10.0 Å². The molecule has 1 aliphatic rings. The Kier molecular flexibility index (Phi) is 5.77. The summed E-state index contributed by atoms with van der Waals surface area (Å²) in [5.74, 6) is -0.595. The summed E-state index contributed by atoms with van der Waals surface area (Å²) in [4.78, 5) is 13.0. The Balaban J connectivity index is 1.57. The zero-order valence-corrected chi connectivity index (χ0v) is 19.0. The lowest BCUT2D eigenvalue weighted by Crippen LogP contribution is -2.35. The van der Waals surface area contributed by atoms with Crippen LogP contribution in [0.25, 0.3) is 0 Å². The first-order valence-electron chi connectivity index (χ1n) is 10.5. The van der Waals surface area contributed by atoms with Crippen LogP contribution in [-0.4, -0.2) is 20.4 Å². The molecule has 166 valence electrons. The Morgan fingerprint density at radius 2 is 1.72 bits per heavy atom. The van der Waals surface area contributed by atoms with Crippen LogP contribution in [0.4, 0.5) is 10.1 Å². The molecular formula is C25H25FN2O3S. The molecule has 3 aromatic rings. The van der Waals surface area contributed by atoms with Gasteiger partial charge >= 0.3 is 0 Å². The fourth-order valence-electron chi connectivity index (χ4n) is 4.05. The lowest BCUT2D eigenvalue weighted by molar-refractivity contribution is 0.0940. The van der Waals surface area contributed by atoms with Crippen LogP contribution in [0.1, 0.15) is 46.9 Å². The van der Waals surface area contributed by atoms with Gasteiger partial charge in [0.2, 0.25) is 0 Å². The van der Waals surface area contributed by atoms with E-state index in [1.165, 1.54) is 16.4 Å². The number of nitrogens with zero attached hydrogens (tertiary/aromatic N) is 1. The van der Waals surface area contributed by atoms with Crippen LogP contribution < -0.4 is 9.62 Å². The maximum Gasteiger partial charge on any atom is 0.264 e. The molecule has 7 heteroatoms. The van der Waals surface area contributed by atoms with Crippen molar-refractivity contribution in [2.75, 3.05) is 4.31 Å². The maximum atomic E-state index is 13.3. The summed E-state index contributed by atoms with van der Waals surface area (Å²) in [5, 5.41) is 2.91. The molecule has 3 aromatic carbocycles. The second kappa shape index (κ2) is 8.39. The van der Waals surface area contributed by atoms with Gasteiger partial charge in [-0.25, -0.2) is 12.8 Å². The van der Waals surface area contributed by atoms with Crippen molar-refractivity contribution in [3.05, 3.63) is 94.8 Å². The Morgan fingerprint density at radius 1 is 1.06 bits per heavy atom. The lowest BCUT2D eigenvalue weighted by atomic mass is 10.0. The van der Waals surface area contributed by atoms with Crippen molar-refractivity contribution in [2.45, 2.75) is 44.2 Å². The summed E-state index contributed by atoms with van der Waals surface area (Å²) < 4.78 is 41.2. The number of fused-ring (bicyclic) bond motifs is 1. The largest absolute Gasteiger partial charge is 0.346 e. The van der Waals surface area contributed by atoms with E-state index >= 15 is 0 Å². The van der Waals surface area contributed by atoms with Crippen LogP contribution in [0.3, 0.4) is 0 Å². The van der Waals surface area contributed by atoms with Crippen molar-refractivity contribution < 1.29 is 17.6 Å². The van der Waals surface area contributed by atoms with Crippen molar-refractivity contribution in [1.29, 1.82) is 0 Å². The first-order chi connectivity index (χ1) is 15.2. The van der Waals surface area contributed by atoms with Gasteiger partial charge in [-0.1, -0.05) is 29.8 Å². The molecule has 0 radical (unpaired) electrons. The molecule has 5 nitrogen and oxygen atoms in total. The summed E-state index contributed by atoms with van der Waals surface area (Å²) in [6.45, 7) is 5.60. The number of halogens is 1. The third-order valence-corrected chi connectivity index (χ3v) is 7.73. The fourth-order valence-corrected chi connectivity index (χ4v) is 5.74. The highest BCUT2D eigenvalue weighted by molar-refractivity contribution is 7.92. The number of nitrogens with one attached hydrogen (secondary N) is 1. The van der Waals surface area contributed by atoms with Gasteiger partial charge in [0, 0.05) is 11.6 Å². The van der Waals surface area contributed by atoms with Gasteiger partial charge < -0.3 is 5.32 Å². The van der Waals surface area contributed by atoms with Crippen molar-refractivity contribution in [3.63, 3.8) is 0 Å². The Morgan fingerprint density at radius 3 is 2.38 bits per heavy atom. The summed E-state index contributed by atoms with van der Waals surface area (Å²) in [7, 11) is -3.71. The molecule has 0 aliphatic carbocycles. The molecule has 1 aliphatic heterocycles. The molecular weight excluding hydrogens is 427 g/mol. The number of aryl methyl sites for hydroxylation is 1. The minimum Gasteiger partial charge on any atom is -0.346 e. The highest BCUT2D eigenvalue weighted by Gasteiger charge is 2.36. The molecule has 2 unspecified atom stereocenters. The topological polar surface area (TPSA) is 66.5 Å². The predicted molar refractivity (Wildman–Crippen MR) is 123 cm³/mol. The highest BCUT2D eigenvalue weighted by Crippen LogP contribution is 2.37. The molecule has 0 saturated heterocycles. The second-order valence-corrected chi connectivity index (χ2v) is 10.1. The summed E-state index contributed by atoms with van der Waals surface area (Å²) in [5.41, 5.74) is 3.66. The van der Waals surface area contributed by atoms with Crippen LogP contribution in [0.2, 0.25) is 0 Å². The van der Waals surface area contributed by atoms with Crippen molar-refractivity contribution in [1.82, 2.24) is 5.32 Å². The lowest BCUT2D eigenvalue weighted by Gasteiger charge is -2.24. The van der Waals surface area contributed by atoms with Gasteiger partial charge in [0.15, 0.2) is 0 Å². The van der Waals surface area contributed by atoms with Crippen LogP contribution >= 0.6 is 0 Å². The molecule has 32 heavy (non-hydrogen) atoms. The molecule has 0 fully saturated rings. The molecule has 0 bridgehead atoms. The summed E-state index contributed by atoms with van der Waals surface area (Å²) >= 11 is 0. The first kappa shape index (κ1) is 22.0. The van der Waals surface area contributed by atoms with Gasteiger partial charge in [-0.3, -0.25) is 9.10 Å². The second-order valence-electron chi connectivity index (χ2n) is 8.26. The van der Waals surface area contributed by atoms with E-state index in [4.69, 9.17) is 0 Å². The third kappa shape index (κ3) is 4.12. The zero-order valence-electron chi connectivity index (χ0n) is 18.2. The van der Waals surface area contributed by atoms with Crippen LogP contribution in [0.5, 0.6) is 0 Å². The number of hydrogen-bond acceptors (Lipinski definition) is 3. The van der Waals surface area contributed by atoms with Gasteiger partial charge in [-0.15, -0.1) is 0 Å². The number of carbonyl (C=O) groups excluding carboxylic acids is 1. The average Bonchev–Trinajstić information content (AvgIpc) is 3.10. The Bertz CT molecular complexity index is 1260. The summed E-state index contributed by atoms with van der Waals surface area (Å²) in [6, 6.07) is 17.3. The van der Waals surface area contributed by atoms with E-state index in [1.807, 2.05) is 20.8 Å². The Hall–Kier alpha value is -3.19. The molecule has 0 aromatic heterocycles. The van der Waals surface area contributed by atoms with Gasteiger partial charge in [0.1, 0.15) is 5.82 Å². The molecule has 0 spiro atoms. The van der Waals surface area contributed by atoms with Gasteiger partial charge in [-0.05, 0) is 80.8 Å². The number of anilines is 1. The number of hydrogen-bond donors (Lipinski definition) is 1. The van der Waals surface area contributed by atoms with Gasteiger partial charge in [0.25, 0.3) is 15.9 Å². The Labute approximate surface area is 187 Å². The van der Waals surface area contributed by atoms with Crippen molar-refractivity contribution in [3.8, 4) is 0 Å². The monoisotopic (exact) mass is 452 g/mol. The first-order valence-corrected chi connectivity index (χ1v) is 11.9. The summed E-state index contributed by atoms with van der Waals surface area (Å²) in [6.07, 6.45) is 0.523. The fraction of sp³-hybridized carbons (Fsp3) is 0.240. The van der Waals surface area contributed by atoms with E-state index in [9.17, 15) is 17.6 Å². The number of carbonyl (C=O) groups is 1. The van der Waals surface area contributed by atoms with Crippen LogP contribution in [0.15, 0.2) is 71.6 Å². The SMILES string of the molecule is Cc1ccc(S(=O)(=O)N2c3ccc(C(=O)NC(C)c4ccc(F)cc4)cc3CC2C)cc1. The smallest absolute Gasteiger partial charge is 0.264 e. The molecule has 0 saturated carbocycles. The zero-order chi connectivity index (χ0) is 23.0. The minimum atomic E-state index is -3.71. The molecule has 1 N–H and O–H groups in total. The number of amides is 1. The number of benzene rings is 3. The van der Waals surface area contributed by atoms with Gasteiger partial charge in [0.05, 0.1) is 16.6 Å². The van der Waals surface area contributed by atoms with E-state index in [-0.39, 0.29) is 28.7 Å². The highest BCUT2D eigenvalue weighted by atomic mass is 32.2. The quantitative estimate of drug-likeness (QED) is 0.607. The van der Waals surface area contributed by atoms with E-state index in [1.54, 1.807) is 54.6 Å². The van der Waals surface area contributed by atoms with E-state index in [0.717, 1.165) is 16.7 Å². The van der Waals surface area contributed by atoms with Crippen molar-refractivity contribution >= 4 is 21.6 Å². The molecule has 1 heterocycles. The number of sulfonamides is 1. The predicted octanol–water partition coefficient (Wildman–Crippen LogP) is 4.77. The van der Waals surface area contributed by atoms with E-state index in [2.05, 4.69) is 5.32 Å². The minimum absolute atomic E-state index is 0.248. The van der Waals surface area contributed by atoms with Gasteiger partial charge in [-0.2, -0.15) is 0 Å². The molecule has 2 atom stereocenters. The average molecular weight is 453 g/mol. The van der Waals surface area contributed by atoms with Crippen LogP contribution in [-0.2, 0) is 16.4 Å².